The van der Waals surface area contributed by atoms with Crippen molar-refractivity contribution >= 4 is 12.4 Å². The van der Waals surface area contributed by atoms with Crippen molar-refractivity contribution in [3.63, 3.8) is 0 Å². The molecule has 0 saturated heterocycles. The van der Waals surface area contributed by atoms with Crippen LogP contribution in [0, 0.1) is 0 Å². The van der Waals surface area contributed by atoms with Gasteiger partial charge < -0.3 is 10.4 Å². The summed E-state index contributed by atoms with van der Waals surface area (Å²) in [5.74, 6) is 0.156. The van der Waals surface area contributed by atoms with E-state index in [0.29, 0.717) is 17.8 Å². The molecule has 0 radical (unpaired) electrons. The number of alkyl halides is 3. The highest BCUT2D eigenvalue weighted by atomic mass is 35.5. The number of nitrogens with zero attached hydrogens (tertiary/aromatic N) is 2. The lowest BCUT2D eigenvalue weighted by Crippen LogP contribution is -2.23. The van der Waals surface area contributed by atoms with Crippen LogP contribution >= 0.6 is 12.4 Å². The molecule has 1 aromatic carbocycles. The highest BCUT2D eigenvalue weighted by Gasteiger charge is 2.29. The van der Waals surface area contributed by atoms with Crippen LogP contribution < -0.4 is 5.32 Å². The van der Waals surface area contributed by atoms with Gasteiger partial charge in [0.2, 0.25) is 0 Å². The topological polar surface area (TPSA) is 50.1 Å². The van der Waals surface area contributed by atoms with E-state index in [0.717, 1.165) is 4.68 Å². The van der Waals surface area contributed by atoms with Crippen molar-refractivity contribution in [2.24, 2.45) is 0 Å². The highest BCUT2D eigenvalue weighted by molar-refractivity contribution is 5.85. The normalized spacial score (nSPS) is 11.2. The molecule has 0 amide bonds. The van der Waals surface area contributed by atoms with E-state index in [1.54, 1.807) is 24.3 Å². The van der Waals surface area contributed by atoms with Gasteiger partial charge in [-0.15, -0.1) is 12.4 Å². The summed E-state index contributed by atoms with van der Waals surface area (Å²) in [5, 5.41) is 16.2. The Morgan fingerprint density at radius 3 is 2.52 bits per heavy atom. The summed E-state index contributed by atoms with van der Waals surface area (Å²) in [5.41, 5.74) is 1.13. The first kappa shape index (κ1) is 17.3. The van der Waals surface area contributed by atoms with Crippen LogP contribution in [0.1, 0.15) is 11.3 Å². The first-order valence-electron chi connectivity index (χ1n) is 6.01. The van der Waals surface area contributed by atoms with Crippen LogP contribution in [0.3, 0.4) is 0 Å². The van der Waals surface area contributed by atoms with E-state index in [2.05, 4.69) is 10.4 Å². The minimum absolute atomic E-state index is 0. The third-order valence-corrected chi connectivity index (χ3v) is 2.75. The number of aromatic hydroxyl groups is 1. The van der Waals surface area contributed by atoms with Crippen LogP contribution in [0.2, 0.25) is 0 Å². The maximum Gasteiger partial charge on any atom is 0.408 e. The molecule has 2 rings (SSSR count). The van der Waals surface area contributed by atoms with Gasteiger partial charge in [0.05, 0.1) is 5.69 Å². The van der Waals surface area contributed by atoms with E-state index < -0.39 is 12.7 Å². The largest absolute Gasteiger partial charge is 0.508 e. The minimum Gasteiger partial charge on any atom is -0.508 e. The van der Waals surface area contributed by atoms with Gasteiger partial charge in [-0.3, -0.25) is 4.68 Å². The summed E-state index contributed by atoms with van der Waals surface area (Å²) in [6, 6.07) is 8.33. The monoisotopic (exact) mass is 321 g/mol. The zero-order valence-electron chi connectivity index (χ0n) is 11.0. The van der Waals surface area contributed by atoms with Gasteiger partial charge in [0.1, 0.15) is 12.3 Å². The second kappa shape index (κ2) is 7.33. The van der Waals surface area contributed by atoms with E-state index >= 15 is 0 Å². The molecule has 0 spiro atoms. The average molecular weight is 322 g/mol. The summed E-state index contributed by atoms with van der Waals surface area (Å²) in [7, 11) is 0. The number of hydrogen-bond donors (Lipinski definition) is 2. The average Bonchev–Trinajstić information content (AvgIpc) is 2.77. The SMILES string of the molecule is Cl.Oc1ccccc1CNCc1ccnn1CC(F)(F)F. The summed E-state index contributed by atoms with van der Waals surface area (Å²) in [6.07, 6.45) is -2.96. The molecule has 2 aromatic rings. The van der Waals surface area contributed by atoms with Crippen molar-refractivity contribution in [3.8, 4) is 5.75 Å². The number of phenols is 1. The standard InChI is InChI=1S/C13H14F3N3O.ClH/c14-13(15,16)9-19-11(5-6-18-19)8-17-7-10-3-1-2-4-12(10)20;/h1-6,17,20H,7-9H2;1H. The van der Waals surface area contributed by atoms with Crippen molar-refractivity contribution in [1.29, 1.82) is 0 Å². The number of halogens is 4. The smallest absolute Gasteiger partial charge is 0.408 e. The van der Waals surface area contributed by atoms with Crippen LogP contribution in [-0.2, 0) is 19.6 Å². The van der Waals surface area contributed by atoms with Crippen molar-refractivity contribution < 1.29 is 18.3 Å². The lowest BCUT2D eigenvalue weighted by molar-refractivity contribution is -0.143. The summed E-state index contributed by atoms with van der Waals surface area (Å²) >= 11 is 0. The van der Waals surface area contributed by atoms with Gasteiger partial charge in [-0.05, 0) is 12.1 Å². The van der Waals surface area contributed by atoms with Crippen LogP contribution in [0.25, 0.3) is 0 Å². The molecule has 1 heterocycles. The Bertz CT molecular complexity index is 572. The Hall–Kier alpha value is -1.73. The predicted octanol–water partition coefficient (Wildman–Crippen LogP) is 2.86. The number of para-hydroxylation sites is 1. The lowest BCUT2D eigenvalue weighted by atomic mass is 10.2. The van der Waals surface area contributed by atoms with Gasteiger partial charge in [-0.2, -0.15) is 18.3 Å². The number of hydrogen-bond acceptors (Lipinski definition) is 3. The third-order valence-electron chi connectivity index (χ3n) is 2.75. The molecule has 8 heteroatoms. The van der Waals surface area contributed by atoms with Crippen molar-refractivity contribution in [2.45, 2.75) is 25.8 Å². The molecule has 1 aromatic heterocycles. The fraction of sp³-hybridized carbons (Fsp3) is 0.308. The molecule has 0 unspecified atom stereocenters. The van der Waals surface area contributed by atoms with Gasteiger partial charge in [0, 0.05) is 24.8 Å². The molecule has 0 fully saturated rings. The second-order valence-corrected chi connectivity index (χ2v) is 4.33. The Kier molecular flexibility index (Phi) is 6.04. The zero-order valence-corrected chi connectivity index (χ0v) is 11.8. The number of rotatable bonds is 5. The lowest BCUT2D eigenvalue weighted by Gasteiger charge is -2.11. The fourth-order valence-corrected chi connectivity index (χ4v) is 1.81. The van der Waals surface area contributed by atoms with Crippen LogP contribution in [0.15, 0.2) is 36.5 Å². The molecule has 21 heavy (non-hydrogen) atoms. The number of benzene rings is 1. The van der Waals surface area contributed by atoms with Gasteiger partial charge in [-0.25, -0.2) is 0 Å². The Morgan fingerprint density at radius 1 is 1.14 bits per heavy atom. The molecular formula is C13H15ClF3N3O. The Balaban J connectivity index is 0.00000220. The first-order valence-corrected chi connectivity index (χ1v) is 6.01. The molecule has 0 bridgehead atoms. The summed E-state index contributed by atoms with van der Waals surface area (Å²) in [4.78, 5) is 0. The van der Waals surface area contributed by atoms with Crippen molar-refractivity contribution in [1.82, 2.24) is 15.1 Å². The third kappa shape index (κ3) is 5.28. The van der Waals surface area contributed by atoms with E-state index in [1.165, 1.54) is 12.3 Å². The second-order valence-electron chi connectivity index (χ2n) is 4.33. The maximum absolute atomic E-state index is 12.3. The van der Waals surface area contributed by atoms with E-state index in [4.69, 9.17) is 0 Å². The van der Waals surface area contributed by atoms with Gasteiger partial charge in [-0.1, -0.05) is 18.2 Å². The molecule has 0 aliphatic heterocycles. The highest BCUT2D eigenvalue weighted by Crippen LogP contribution is 2.18. The fourth-order valence-electron chi connectivity index (χ4n) is 1.81. The van der Waals surface area contributed by atoms with Crippen LogP contribution in [0.5, 0.6) is 5.75 Å². The molecule has 0 atom stereocenters. The number of aromatic nitrogens is 2. The van der Waals surface area contributed by atoms with Gasteiger partial charge >= 0.3 is 6.18 Å². The molecule has 0 saturated carbocycles. The van der Waals surface area contributed by atoms with E-state index in [1.807, 2.05) is 0 Å². The predicted molar refractivity (Wildman–Crippen MR) is 74.2 cm³/mol. The Labute approximate surface area is 126 Å². The van der Waals surface area contributed by atoms with Crippen molar-refractivity contribution in [2.75, 3.05) is 0 Å². The molecule has 0 aliphatic carbocycles. The number of phenolic OH excluding ortho intramolecular Hbond substituents is 1. The van der Waals surface area contributed by atoms with Gasteiger partial charge in [0.15, 0.2) is 0 Å². The molecule has 116 valence electrons. The zero-order chi connectivity index (χ0) is 14.6. The first-order chi connectivity index (χ1) is 9.46. The van der Waals surface area contributed by atoms with Crippen molar-refractivity contribution in [3.05, 3.63) is 47.8 Å². The molecular weight excluding hydrogens is 307 g/mol. The Morgan fingerprint density at radius 2 is 1.86 bits per heavy atom. The summed E-state index contributed by atoms with van der Waals surface area (Å²) in [6.45, 7) is -0.498. The minimum atomic E-state index is -4.29. The maximum atomic E-state index is 12.3. The van der Waals surface area contributed by atoms with Crippen LogP contribution in [0.4, 0.5) is 13.2 Å². The number of nitrogens with one attached hydrogen (secondary N) is 1. The molecule has 4 nitrogen and oxygen atoms in total. The van der Waals surface area contributed by atoms with E-state index in [9.17, 15) is 18.3 Å². The van der Waals surface area contributed by atoms with Gasteiger partial charge in [0.25, 0.3) is 0 Å². The molecule has 0 aliphatic rings. The van der Waals surface area contributed by atoms with Crippen LogP contribution in [-0.4, -0.2) is 21.1 Å². The quantitative estimate of drug-likeness (QED) is 0.890. The summed E-state index contributed by atoms with van der Waals surface area (Å²) < 4.78 is 37.9. The molecule has 2 N–H and O–H groups in total. The van der Waals surface area contributed by atoms with E-state index in [-0.39, 0.29) is 24.7 Å².